The molecular weight excluding hydrogens is 417 g/mol. The fourth-order valence-electron chi connectivity index (χ4n) is 4.09. The summed E-state index contributed by atoms with van der Waals surface area (Å²) < 4.78 is 19.8. The SMILES string of the molecule is CCC(Oc1cc2ncnc(Nc3ccc(F)c(Cl)c3)c2cc1N)C1CCN(C)CC1. The first-order chi connectivity index (χ1) is 14.9. The normalized spacial score (nSPS) is 16.4. The van der Waals surface area contributed by atoms with Gasteiger partial charge in [-0.05, 0) is 69.6 Å². The Labute approximate surface area is 186 Å². The third-order valence-corrected chi connectivity index (χ3v) is 6.21. The summed E-state index contributed by atoms with van der Waals surface area (Å²) in [5.41, 5.74) is 8.24. The maximum absolute atomic E-state index is 13.5. The number of fused-ring (bicyclic) bond motifs is 1. The molecular formula is C23H27ClFN5O. The van der Waals surface area contributed by atoms with E-state index in [-0.39, 0.29) is 11.1 Å². The van der Waals surface area contributed by atoms with Gasteiger partial charge in [0.1, 0.15) is 29.8 Å². The molecule has 1 saturated heterocycles. The number of halogens is 2. The van der Waals surface area contributed by atoms with E-state index >= 15 is 0 Å². The number of nitrogens with one attached hydrogen (secondary N) is 1. The minimum Gasteiger partial charge on any atom is -0.488 e. The van der Waals surface area contributed by atoms with Crippen molar-refractivity contribution in [2.45, 2.75) is 32.3 Å². The minimum atomic E-state index is -0.471. The molecule has 31 heavy (non-hydrogen) atoms. The van der Waals surface area contributed by atoms with Crippen LogP contribution in [0, 0.1) is 11.7 Å². The van der Waals surface area contributed by atoms with Gasteiger partial charge in [0, 0.05) is 17.1 Å². The van der Waals surface area contributed by atoms with E-state index in [4.69, 9.17) is 22.1 Å². The van der Waals surface area contributed by atoms with Crippen LogP contribution in [0.15, 0.2) is 36.7 Å². The Balaban J connectivity index is 1.59. The highest BCUT2D eigenvalue weighted by Crippen LogP contribution is 2.34. The molecule has 0 saturated carbocycles. The third kappa shape index (κ3) is 4.83. The summed E-state index contributed by atoms with van der Waals surface area (Å²) in [7, 11) is 2.16. The van der Waals surface area contributed by atoms with Gasteiger partial charge in [0.15, 0.2) is 0 Å². The average Bonchev–Trinajstić information content (AvgIpc) is 2.76. The molecule has 1 aromatic heterocycles. The number of hydrogen-bond acceptors (Lipinski definition) is 6. The van der Waals surface area contributed by atoms with Crippen molar-refractivity contribution in [2.75, 3.05) is 31.2 Å². The van der Waals surface area contributed by atoms with Crippen molar-refractivity contribution in [3.8, 4) is 5.75 Å². The van der Waals surface area contributed by atoms with Gasteiger partial charge in [-0.3, -0.25) is 0 Å². The maximum atomic E-state index is 13.5. The lowest BCUT2D eigenvalue weighted by atomic mass is 9.90. The van der Waals surface area contributed by atoms with Crippen LogP contribution in [0.1, 0.15) is 26.2 Å². The highest BCUT2D eigenvalue weighted by atomic mass is 35.5. The molecule has 8 heteroatoms. The third-order valence-electron chi connectivity index (χ3n) is 5.92. The molecule has 0 bridgehead atoms. The van der Waals surface area contributed by atoms with E-state index < -0.39 is 5.82 Å². The maximum Gasteiger partial charge on any atom is 0.144 e. The highest BCUT2D eigenvalue weighted by molar-refractivity contribution is 6.31. The van der Waals surface area contributed by atoms with Crippen LogP contribution in [-0.4, -0.2) is 41.1 Å². The Kier molecular flexibility index (Phi) is 6.43. The molecule has 3 N–H and O–H groups in total. The van der Waals surface area contributed by atoms with Gasteiger partial charge < -0.3 is 20.7 Å². The molecule has 4 rings (SSSR count). The minimum absolute atomic E-state index is 0.0399. The molecule has 3 aromatic rings. The molecule has 0 amide bonds. The fraction of sp³-hybridized carbons (Fsp3) is 0.391. The summed E-state index contributed by atoms with van der Waals surface area (Å²) in [4.78, 5) is 11.1. The van der Waals surface area contributed by atoms with Crippen LogP contribution in [-0.2, 0) is 0 Å². The second-order valence-electron chi connectivity index (χ2n) is 8.09. The quantitative estimate of drug-likeness (QED) is 0.507. The molecule has 1 unspecified atom stereocenters. The van der Waals surface area contributed by atoms with Crippen LogP contribution >= 0.6 is 11.6 Å². The molecule has 1 aliphatic heterocycles. The zero-order chi connectivity index (χ0) is 22.0. The van der Waals surface area contributed by atoms with E-state index in [2.05, 4.69) is 34.2 Å². The Morgan fingerprint density at radius 1 is 1.26 bits per heavy atom. The van der Waals surface area contributed by atoms with Gasteiger partial charge in [0.25, 0.3) is 0 Å². The smallest absolute Gasteiger partial charge is 0.144 e. The van der Waals surface area contributed by atoms with Crippen molar-refractivity contribution in [2.24, 2.45) is 5.92 Å². The number of rotatable bonds is 6. The second kappa shape index (κ2) is 9.24. The number of piperidine rings is 1. The summed E-state index contributed by atoms with van der Waals surface area (Å²) in [5, 5.41) is 3.96. The fourth-order valence-corrected chi connectivity index (χ4v) is 4.27. The van der Waals surface area contributed by atoms with Gasteiger partial charge in [0.05, 0.1) is 16.2 Å². The number of aromatic nitrogens is 2. The average molecular weight is 444 g/mol. The Morgan fingerprint density at radius 3 is 2.74 bits per heavy atom. The van der Waals surface area contributed by atoms with Crippen LogP contribution in [0.2, 0.25) is 5.02 Å². The predicted octanol–water partition coefficient (Wildman–Crippen LogP) is 5.25. The number of benzene rings is 2. The van der Waals surface area contributed by atoms with E-state index in [0.717, 1.165) is 37.7 Å². The Hall–Kier alpha value is -2.64. The topological polar surface area (TPSA) is 76.3 Å². The van der Waals surface area contributed by atoms with Gasteiger partial charge in [-0.15, -0.1) is 0 Å². The van der Waals surface area contributed by atoms with E-state index in [1.165, 1.54) is 18.5 Å². The lowest BCUT2D eigenvalue weighted by Crippen LogP contribution is -2.37. The van der Waals surface area contributed by atoms with Crippen molar-refractivity contribution in [1.82, 2.24) is 14.9 Å². The number of nitrogen functional groups attached to an aromatic ring is 1. The van der Waals surface area contributed by atoms with Gasteiger partial charge in [-0.2, -0.15) is 0 Å². The van der Waals surface area contributed by atoms with Crippen molar-refractivity contribution in [3.63, 3.8) is 0 Å². The Bertz CT molecular complexity index is 1070. The standard InChI is InChI=1S/C23H27ClFN5O/c1-3-21(14-6-8-30(2)9-7-14)31-22-12-20-16(11-19(22)26)23(28-13-27-20)29-15-4-5-18(25)17(24)10-15/h4-5,10-14,21H,3,6-9,26H2,1-2H3,(H,27,28,29). The molecule has 164 valence electrons. The highest BCUT2D eigenvalue weighted by Gasteiger charge is 2.26. The van der Waals surface area contributed by atoms with Crippen LogP contribution in [0.3, 0.4) is 0 Å². The lowest BCUT2D eigenvalue weighted by molar-refractivity contribution is 0.0829. The molecule has 0 radical (unpaired) electrons. The van der Waals surface area contributed by atoms with Crippen molar-refractivity contribution in [3.05, 3.63) is 47.5 Å². The van der Waals surface area contributed by atoms with Gasteiger partial charge in [-0.1, -0.05) is 18.5 Å². The van der Waals surface area contributed by atoms with Crippen molar-refractivity contribution in [1.29, 1.82) is 0 Å². The molecule has 1 aliphatic rings. The first-order valence-electron chi connectivity index (χ1n) is 10.6. The van der Waals surface area contributed by atoms with E-state index in [9.17, 15) is 4.39 Å². The number of ether oxygens (including phenoxy) is 1. The molecule has 2 aromatic carbocycles. The zero-order valence-electron chi connectivity index (χ0n) is 17.7. The van der Waals surface area contributed by atoms with Crippen LogP contribution < -0.4 is 15.8 Å². The van der Waals surface area contributed by atoms with Crippen molar-refractivity contribution >= 4 is 39.7 Å². The summed E-state index contributed by atoms with van der Waals surface area (Å²) in [6, 6.07) is 8.11. The molecule has 0 aliphatic carbocycles. The molecule has 1 atom stereocenters. The van der Waals surface area contributed by atoms with E-state index in [1.54, 1.807) is 6.07 Å². The summed E-state index contributed by atoms with van der Waals surface area (Å²) >= 11 is 5.89. The second-order valence-corrected chi connectivity index (χ2v) is 8.50. The number of hydrogen-bond donors (Lipinski definition) is 2. The first-order valence-corrected chi connectivity index (χ1v) is 10.9. The molecule has 1 fully saturated rings. The van der Waals surface area contributed by atoms with Crippen LogP contribution in [0.5, 0.6) is 5.75 Å². The summed E-state index contributed by atoms with van der Waals surface area (Å²) in [5.74, 6) is 1.25. The largest absolute Gasteiger partial charge is 0.488 e. The first kappa shape index (κ1) is 21.6. The molecule has 2 heterocycles. The van der Waals surface area contributed by atoms with Crippen LogP contribution in [0.4, 0.5) is 21.6 Å². The summed E-state index contributed by atoms with van der Waals surface area (Å²) in [6.07, 6.45) is 4.77. The predicted molar refractivity (Wildman–Crippen MR) is 124 cm³/mol. The monoisotopic (exact) mass is 443 g/mol. The summed E-state index contributed by atoms with van der Waals surface area (Å²) in [6.45, 7) is 4.33. The number of nitrogens with zero attached hydrogens (tertiary/aromatic N) is 3. The number of likely N-dealkylation sites (tertiary alicyclic amines) is 1. The van der Waals surface area contributed by atoms with Gasteiger partial charge in [0.2, 0.25) is 0 Å². The van der Waals surface area contributed by atoms with E-state index in [1.807, 2.05) is 12.1 Å². The number of nitrogens with two attached hydrogens (primary N) is 1. The lowest BCUT2D eigenvalue weighted by Gasteiger charge is -2.34. The van der Waals surface area contributed by atoms with E-state index in [0.29, 0.717) is 34.4 Å². The zero-order valence-corrected chi connectivity index (χ0v) is 18.5. The van der Waals surface area contributed by atoms with Crippen molar-refractivity contribution < 1.29 is 9.13 Å². The van der Waals surface area contributed by atoms with Gasteiger partial charge in [-0.25, -0.2) is 14.4 Å². The molecule has 6 nitrogen and oxygen atoms in total. The van der Waals surface area contributed by atoms with Gasteiger partial charge >= 0.3 is 0 Å². The van der Waals surface area contributed by atoms with Crippen LogP contribution in [0.25, 0.3) is 10.9 Å². The number of anilines is 3. The molecule has 0 spiro atoms. The Morgan fingerprint density at radius 2 is 2.03 bits per heavy atom.